The molecule has 26 heavy (non-hydrogen) atoms. The summed E-state index contributed by atoms with van der Waals surface area (Å²) in [5.41, 5.74) is 3.26. The van der Waals surface area contributed by atoms with Crippen LogP contribution in [0.2, 0.25) is 0 Å². The molecule has 0 saturated carbocycles. The minimum atomic E-state index is -0.0697. The van der Waals surface area contributed by atoms with Gasteiger partial charge in [-0.15, -0.1) is 0 Å². The number of H-pyrrole nitrogens is 2. The molecule has 0 unspecified atom stereocenters. The van der Waals surface area contributed by atoms with Crippen molar-refractivity contribution in [2.75, 3.05) is 0 Å². The van der Waals surface area contributed by atoms with Gasteiger partial charge in [-0.1, -0.05) is 12.1 Å². The van der Waals surface area contributed by atoms with Gasteiger partial charge in [-0.3, -0.25) is 19.6 Å². The van der Waals surface area contributed by atoms with Crippen LogP contribution in [0.1, 0.15) is 22.3 Å². The van der Waals surface area contributed by atoms with Crippen LogP contribution in [-0.4, -0.2) is 22.4 Å². The molecule has 2 N–H and O–H groups in total. The highest BCUT2D eigenvalue weighted by atomic mass is 16.1. The zero-order valence-electron chi connectivity index (χ0n) is 14.5. The fraction of sp³-hybridized carbons (Fsp3) is 0.100. The number of pyridine rings is 2. The quantitative estimate of drug-likeness (QED) is 0.710. The summed E-state index contributed by atoms with van der Waals surface area (Å²) in [7, 11) is 0. The Balaban J connectivity index is 1.94. The molecule has 3 aromatic rings. The van der Waals surface area contributed by atoms with E-state index in [0.717, 1.165) is 0 Å². The Kier molecular flexibility index (Phi) is 5.03. The van der Waals surface area contributed by atoms with Crippen molar-refractivity contribution in [3.8, 4) is 0 Å². The molecule has 0 aliphatic rings. The normalized spacial score (nSPS) is 11.5. The van der Waals surface area contributed by atoms with Crippen LogP contribution in [0.25, 0.3) is 0 Å². The maximum absolute atomic E-state index is 12.1. The molecule has 0 amide bonds. The molecule has 0 aliphatic heterocycles. The maximum Gasteiger partial charge on any atom is 0.193 e. The fourth-order valence-corrected chi connectivity index (χ4v) is 2.38. The number of benzene rings is 1. The lowest BCUT2D eigenvalue weighted by atomic mass is 10.2. The molecule has 1 aromatic carbocycles. The van der Waals surface area contributed by atoms with E-state index < -0.39 is 0 Å². The molecule has 6 heteroatoms. The van der Waals surface area contributed by atoms with Crippen molar-refractivity contribution in [3.63, 3.8) is 0 Å². The Morgan fingerprint density at radius 3 is 1.58 bits per heavy atom. The molecular weight excluding hydrogens is 328 g/mol. The highest BCUT2D eigenvalue weighted by molar-refractivity contribution is 5.86. The average Bonchev–Trinajstić information content (AvgIpc) is 2.65. The van der Waals surface area contributed by atoms with Crippen molar-refractivity contribution in [1.29, 1.82) is 0 Å². The van der Waals surface area contributed by atoms with Gasteiger partial charge in [0.05, 0.1) is 22.5 Å². The first-order chi connectivity index (χ1) is 12.6. The van der Waals surface area contributed by atoms with Crippen molar-refractivity contribution in [2.24, 2.45) is 9.98 Å². The van der Waals surface area contributed by atoms with Gasteiger partial charge < -0.3 is 9.97 Å². The van der Waals surface area contributed by atoms with Gasteiger partial charge in [0.1, 0.15) is 0 Å². The highest BCUT2D eigenvalue weighted by Gasteiger charge is 2.02. The Hall–Kier alpha value is -3.54. The molecule has 130 valence electrons. The number of aryl methyl sites for hydroxylation is 2. The monoisotopic (exact) mass is 346 g/mol. The van der Waals surface area contributed by atoms with Crippen LogP contribution in [0, 0.1) is 13.8 Å². The SMILES string of the molecule is Cc1c[nH]cc(C=Nc2ccccc2N=Cc2c[nH]cc(C)c2=O)c1=O. The summed E-state index contributed by atoms with van der Waals surface area (Å²) in [6.45, 7) is 3.49. The Morgan fingerprint density at radius 2 is 1.15 bits per heavy atom. The molecule has 0 radical (unpaired) electrons. The fourth-order valence-electron chi connectivity index (χ4n) is 2.38. The van der Waals surface area contributed by atoms with Crippen LogP contribution >= 0.6 is 0 Å². The number of rotatable bonds is 4. The summed E-state index contributed by atoms with van der Waals surface area (Å²) < 4.78 is 0. The zero-order chi connectivity index (χ0) is 18.5. The van der Waals surface area contributed by atoms with E-state index in [-0.39, 0.29) is 10.9 Å². The molecule has 0 saturated heterocycles. The molecule has 0 spiro atoms. The van der Waals surface area contributed by atoms with Crippen molar-refractivity contribution in [1.82, 2.24) is 9.97 Å². The number of para-hydroxylation sites is 2. The van der Waals surface area contributed by atoms with Crippen molar-refractivity contribution >= 4 is 23.8 Å². The van der Waals surface area contributed by atoms with Gasteiger partial charge in [-0.05, 0) is 26.0 Å². The van der Waals surface area contributed by atoms with Gasteiger partial charge in [-0.2, -0.15) is 0 Å². The third-order valence-corrected chi connectivity index (χ3v) is 3.89. The number of nitrogens with one attached hydrogen (secondary N) is 2. The standard InChI is InChI=1S/C20H18N4O2/c1-13-7-21-9-15(19(13)25)11-23-17-5-3-4-6-18(17)24-12-16-10-22-8-14(2)20(16)26/h3-12H,1-2H3,(H,21,25)(H,22,26). The van der Waals surface area contributed by atoms with Crippen LogP contribution in [0.15, 0.2) is 68.6 Å². The van der Waals surface area contributed by atoms with Gasteiger partial charge in [-0.25, -0.2) is 0 Å². The van der Waals surface area contributed by atoms with E-state index >= 15 is 0 Å². The second-order valence-electron chi connectivity index (χ2n) is 5.85. The molecule has 3 rings (SSSR count). The van der Waals surface area contributed by atoms with Crippen LogP contribution in [0.3, 0.4) is 0 Å². The van der Waals surface area contributed by atoms with Crippen LogP contribution in [0.4, 0.5) is 11.4 Å². The molecule has 0 fully saturated rings. The third kappa shape index (κ3) is 3.75. The van der Waals surface area contributed by atoms with Crippen LogP contribution < -0.4 is 10.9 Å². The molecular formula is C20H18N4O2. The molecule has 0 atom stereocenters. The summed E-state index contributed by atoms with van der Waals surface area (Å²) in [5.74, 6) is 0. The van der Waals surface area contributed by atoms with E-state index in [0.29, 0.717) is 33.6 Å². The minimum Gasteiger partial charge on any atom is -0.367 e. The second-order valence-corrected chi connectivity index (χ2v) is 5.85. The largest absolute Gasteiger partial charge is 0.367 e. The number of hydrogen-bond donors (Lipinski definition) is 2. The average molecular weight is 346 g/mol. The highest BCUT2D eigenvalue weighted by Crippen LogP contribution is 2.26. The van der Waals surface area contributed by atoms with Crippen molar-refractivity contribution in [3.05, 3.63) is 91.8 Å². The van der Waals surface area contributed by atoms with Crippen LogP contribution in [-0.2, 0) is 0 Å². The molecule has 2 heterocycles. The number of aromatic nitrogens is 2. The smallest absolute Gasteiger partial charge is 0.193 e. The third-order valence-electron chi connectivity index (χ3n) is 3.89. The van der Waals surface area contributed by atoms with Crippen molar-refractivity contribution < 1.29 is 0 Å². The number of hydrogen-bond acceptors (Lipinski definition) is 4. The van der Waals surface area contributed by atoms with E-state index in [4.69, 9.17) is 0 Å². The van der Waals surface area contributed by atoms with E-state index in [1.807, 2.05) is 12.1 Å². The summed E-state index contributed by atoms with van der Waals surface area (Å²) in [6.07, 6.45) is 9.54. The van der Waals surface area contributed by atoms with E-state index in [2.05, 4.69) is 20.0 Å². The number of aromatic amines is 2. The molecule has 0 bridgehead atoms. The Bertz CT molecular complexity index is 1020. The van der Waals surface area contributed by atoms with Gasteiger partial charge in [0.2, 0.25) is 0 Å². The van der Waals surface area contributed by atoms with E-state index in [1.54, 1.807) is 50.8 Å². The number of nitrogens with zero attached hydrogens (tertiary/aromatic N) is 2. The summed E-state index contributed by atoms with van der Waals surface area (Å²) in [6, 6.07) is 7.28. The Morgan fingerprint density at radius 1 is 0.731 bits per heavy atom. The summed E-state index contributed by atoms with van der Waals surface area (Å²) in [4.78, 5) is 38.8. The summed E-state index contributed by atoms with van der Waals surface area (Å²) >= 11 is 0. The van der Waals surface area contributed by atoms with E-state index in [1.165, 1.54) is 12.4 Å². The molecule has 2 aromatic heterocycles. The predicted molar refractivity (Wildman–Crippen MR) is 105 cm³/mol. The van der Waals surface area contributed by atoms with Gasteiger partial charge in [0.25, 0.3) is 0 Å². The van der Waals surface area contributed by atoms with Crippen molar-refractivity contribution in [2.45, 2.75) is 13.8 Å². The molecule has 6 nitrogen and oxygen atoms in total. The first-order valence-electron chi connectivity index (χ1n) is 8.09. The first kappa shape index (κ1) is 17.3. The minimum absolute atomic E-state index is 0.0697. The predicted octanol–water partition coefficient (Wildman–Crippen LogP) is 3.18. The summed E-state index contributed by atoms with van der Waals surface area (Å²) in [5, 5.41) is 0. The van der Waals surface area contributed by atoms with Gasteiger partial charge >= 0.3 is 0 Å². The lowest BCUT2D eigenvalue weighted by Crippen LogP contribution is -2.11. The topological polar surface area (TPSA) is 90.4 Å². The lowest BCUT2D eigenvalue weighted by Gasteiger charge is -2.00. The maximum atomic E-state index is 12.1. The van der Waals surface area contributed by atoms with Crippen LogP contribution in [0.5, 0.6) is 0 Å². The van der Waals surface area contributed by atoms with Gasteiger partial charge in [0.15, 0.2) is 10.9 Å². The molecule has 0 aliphatic carbocycles. The Labute approximate surface area is 150 Å². The lowest BCUT2D eigenvalue weighted by molar-refractivity contribution is 1.22. The second kappa shape index (κ2) is 7.57. The first-order valence-corrected chi connectivity index (χ1v) is 8.09. The zero-order valence-corrected chi connectivity index (χ0v) is 14.5. The van der Waals surface area contributed by atoms with E-state index in [9.17, 15) is 9.59 Å². The van der Waals surface area contributed by atoms with Gasteiger partial charge in [0, 0.05) is 48.3 Å². The number of aliphatic imine (C=N–C) groups is 2.